The van der Waals surface area contributed by atoms with E-state index in [0.29, 0.717) is 31.0 Å². The summed E-state index contributed by atoms with van der Waals surface area (Å²) in [6.45, 7) is 5.63. The van der Waals surface area contributed by atoms with Crippen LogP contribution in [-0.4, -0.2) is 52.3 Å². The van der Waals surface area contributed by atoms with Gasteiger partial charge in [-0.3, -0.25) is 19.7 Å². The third kappa shape index (κ3) is 9.47. The number of hydroxylamine groups is 1. The van der Waals surface area contributed by atoms with Crippen molar-refractivity contribution >= 4 is 17.5 Å². The molecule has 1 aliphatic heterocycles. The number of ether oxygens (including phenoxy) is 2. The van der Waals surface area contributed by atoms with E-state index in [-0.39, 0.29) is 31.1 Å². The second-order valence-electron chi connectivity index (χ2n) is 11.3. The van der Waals surface area contributed by atoms with Gasteiger partial charge in [-0.15, -0.1) is 6.58 Å². The van der Waals surface area contributed by atoms with Crippen LogP contribution in [0, 0.1) is 0 Å². The molecule has 2 fully saturated rings. The number of hydrogen-bond acceptors (Lipinski definition) is 7. The van der Waals surface area contributed by atoms with Crippen molar-refractivity contribution in [3.05, 3.63) is 77.9 Å². The van der Waals surface area contributed by atoms with E-state index in [1.165, 1.54) is 25.7 Å². The molecular formula is C33H45N3O6. The summed E-state index contributed by atoms with van der Waals surface area (Å²) < 4.78 is 13.1. The highest BCUT2D eigenvalue weighted by atomic mass is 16.7. The Morgan fingerprint density at radius 2 is 1.60 bits per heavy atom. The summed E-state index contributed by atoms with van der Waals surface area (Å²) in [6.07, 6.45) is 9.53. The summed E-state index contributed by atoms with van der Waals surface area (Å²) in [7, 11) is 0. The molecule has 0 spiro atoms. The van der Waals surface area contributed by atoms with Crippen LogP contribution in [0.3, 0.4) is 0 Å². The highest BCUT2D eigenvalue weighted by molar-refractivity contribution is 5.90. The molecule has 9 nitrogen and oxygen atoms in total. The van der Waals surface area contributed by atoms with Crippen molar-refractivity contribution in [2.45, 2.75) is 95.4 Å². The van der Waals surface area contributed by atoms with Gasteiger partial charge in [0.25, 0.3) is 0 Å². The molecule has 9 heteroatoms. The van der Waals surface area contributed by atoms with Crippen LogP contribution >= 0.6 is 0 Å². The van der Waals surface area contributed by atoms with E-state index in [2.05, 4.69) is 16.8 Å². The van der Waals surface area contributed by atoms with Gasteiger partial charge in [-0.05, 0) is 48.9 Å². The Morgan fingerprint density at radius 3 is 2.24 bits per heavy atom. The Morgan fingerprint density at radius 1 is 0.929 bits per heavy atom. The van der Waals surface area contributed by atoms with Gasteiger partial charge in [0.2, 0.25) is 11.8 Å². The van der Waals surface area contributed by atoms with Crippen molar-refractivity contribution in [3.8, 4) is 0 Å². The van der Waals surface area contributed by atoms with Gasteiger partial charge in [0, 0.05) is 49.6 Å². The predicted molar refractivity (Wildman–Crippen MR) is 161 cm³/mol. The van der Waals surface area contributed by atoms with Gasteiger partial charge in [-0.2, -0.15) is 0 Å². The zero-order valence-electron chi connectivity index (χ0n) is 24.4. The van der Waals surface area contributed by atoms with Gasteiger partial charge in [-0.1, -0.05) is 61.7 Å². The Balaban J connectivity index is 1.39. The molecule has 4 N–H and O–H groups in total. The molecule has 228 valence electrons. The molecule has 0 aromatic heterocycles. The molecule has 1 heterocycles. The summed E-state index contributed by atoms with van der Waals surface area (Å²) >= 11 is 0. The Bertz CT molecular complexity index is 1130. The molecular weight excluding hydrogens is 534 g/mol. The van der Waals surface area contributed by atoms with Gasteiger partial charge in [0.1, 0.15) is 0 Å². The lowest BCUT2D eigenvalue weighted by atomic mass is 9.99. The molecule has 2 aromatic carbocycles. The topological polar surface area (TPSA) is 120 Å². The lowest BCUT2D eigenvalue weighted by molar-refractivity contribution is -0.253. The highest BCUT2D eigenvalue weighted by Crippen LogP contribution is 2.39. The molecule has 2 aromatic rings. The van der Waals surface area contributed by atoms with Crippen molar-refractivity contribution in [2.75, 3.05) is 18.4 Å². The van der Waals surface area contributed by atoms with Crippen LogP contribution in [-0.2, 0) is 25.7 Å². The fourth-order valence-corrected chi connectivity index (χ4v) is 5.85. The van der Waals surface area contributed by atoms with E-state index in [0.717, 1.165) is 42.6 Å². The molecule has 42 heavy (non-hydrogen) atoms. The monoisotopic (exact) mass is 579 g/mol. The van der Waals surface area contributed by atoms with Crippen LogP contribution in [0.2, 0.25) is 0 Å². The molecule has 1 saturated carbocycles. The van der Waals surface area contributed by atoms with E-state index in [1.807, 2.05) is 54.6 Å². The number of unbranched alkanes of at least 4 members (excludes halogenated alkanes) is 2. The van der Waals surface area contributed by atoms with E-state index in [9.17, 15) is 14.7 Å². The molecule has 3 atom stereocenters. The molecule has 4 rings (SSSR count). The lowest BCUT2D eigenvalue weighted by Gasteiger charge is -2.39. The molecule has 1 aliphatic carbocycles. The molecule has 3 unspecified atom stereocenters. The van der Waals surface area contributed by atoms with Crippen LogP contribution in [0.25, 0.3) is 0 Å². The summed E-state index contributed by atoms with van der Waals surface area (Å²) in [5, 5.41) is 21.0. The Labute approximate surface area is 248 Å². The van der Waals surface area contributed by atoms with E-state index in [1.54, 1.807) is 5.48 Å². The number of hydrogen-bond donors (Lipinski definition) is 4. The average Bonchev–Trinajstić information content (AvgIpc) is 3.56. The zero-order valence-corrected chi connectivity index (χ0v) is 24.4. The quantitative estimate of drug-likeness (QED) is 0.0945. The van der Waals surface area contributed by atoms with E-state index in [4.69, 9.17) is 14.7 Å². The van der Waals surface area contributed by atoms with Crippen LogP contribution in [0.1, 0.15) is 93.3 Å². The fraction of sp³-hybridized carbons (Fsp3) is 0.515. The molecule has 1 saturated heterocycles. The van der Waals surface area contributed by atoms with Crippen LogP contribution in [0.15, 0.2) is 61.2 Å². The van der Waals surface area contributed by atoms with E-state index >= 15 is 0 Å². The van der Waals surface area contributed by atoms with Gasteiger partial charge in [0.05, 0.1) is 18.8 Å². The minimum absolute atomic E-state index is 0.00427. The maximum absolute atomic E-state index is 12.4. The standard InChI is InChI=1S/C33H45N3O6/c1-2-20-36(28-8-6-7-9-28)22-29-21-30(25-14-12-24(23-37)13-15-25)42-33(41-29)26-16-18-27(19-17-26)34-31(38)10-4-3-5-11-32(39)35-40/h2,12-19,28-30,33,37,40H,1,3-11,20-23H2,(H,34,38)(H,35,39). The largest absolute Gasteiger partial charge is 0.392 e. The lowest BCUT2D eigenvalue weighted by Crippen LogP contribution is -2.43. The normalized spacial score (nSPS) is 20.9. The van der Waals surface area contributed by atoms with Gasteiger partial charge in [0.15, 0.2) is 6.29 Å². The number of aliphatic hydroxyl groups is 1. The van der Waals surface area contributed by atoms with E-state index < -0.39 is 12.2 Å². The van der Waals surface area contributed by atoms with Gasteiger partial charge < -0.3 is 19.9 Å². The number of aliphatic hydroxyl groups excluding tert-OH is 1. The number of nitrogens with one attached hydrogen (secondary N) is 2. The van der Waals surface area contributed by atoms with Gasteiger partial charge in [-0.25, -0.2) is 5.48 Å². The summed E-state index contributed by atoms with van der Waals surface area (Å²) in [5.41, 5.74) is 5.12. The predicted octanol–water partition coefficient (Wildman–Crippen LogP) is 5.55. The second kappa shape index (κ2) is 16.5. The van der Waals surface area contributed by atoms with Crippen LogP contribution < -0.4 is 10.8 Å². The molecule has 0 bridgehead atoms. The first-order valence-electron chi connectivity index (χ1n) is 15.2. The van der Waals surface area contributed by atoms with Crippen molar-refractivity contribution in [1.82, 2.24) is 10.4 Å². The number of amides is 2. The maximum Gasteiger partial charge on any atom is 0.243 e. The minimum Gasteiger partial charge on any atom is -0.392 e. The number of anilines is 1. The van der Waals surface area contributed by atoms with Crippen molar-refractivity contribution < 1.29 is 29.4 Å². The van der Waals surface area contributed by atoms with Crippen LogP contribution in [0.5, 0.6) is 0 Å². The van der Waals surface area contributed by atoms with Crippen molar-refractivity contribution in [2.24, 2.45) is 0 Å². The summed E-state index contributed by atoms with van der Waals surface area (Å²) in [5.74, 6) is -0.495. The first-order valence-corrected chi connectivity index (χ1v) is 15.2. The maximum atomic E-state index is 12.4. The first kappa shape index (κ1) is 31.8. The SMILES string of the molecule is C=CCN(CC1CC(c2ccc(CO)cc2)OC(c2ccc(NC(=O)CCCCCC(=O)NO)cc2)O1)C1CCCC1. The third-order valence-corrected chi connectivity index (χ3v) is 8.16. The summed E-state index contributed by atoms with van der Waals surface area (Å²) in [4.78, 5) is 26.0. The second-order valence-corrected chi connectivity index (χ2v) is 11.3. The fourth-order valence-electron chi connectivity index (χ4n) is 5.85. The average molecular weight is 580 g/mol. The van der Waals surface area contributed by atoms with Crippen molar-refractivity contribution in [3.63, 3.8) is 0 Å². The highest BCUT2D eigenvalue weighted by Gasteiger charge is 2.34. The number of carbonyl (C=O) groups excluding carboxylic acids is 2. The number of rotatable bonds is 15. The molecule has 2 aliphatic rings. The number of carbonyl (C=O) groups is 2. The Kier molecular flexibility index (Phi) is 12.5. The third-order valence-electron chi connectivity index (χ3n) is 8.16. The Hall–Kier alpha value is -3.08. The minimum atomic E-state index is -0.554. The number of nitrogens with zero attached hydrogens (tertiary/aromatic N) is 1. The molecule has 0 radical (unpaired) electrons. The summed E-state index contributed by atoms with van der Waals surface area (Å²) in [6, 6.07) is 16.1. The van der Waals surface area contributed by atoms with Gasteiger partial charge >= 0.3 is 0 Å². The number of benzene rings is 2. The zero-order chi connectivity index (χ0) is 29.7. The van der Waals surface area contributed by atoms with Crippen LogP contribution in [0.4, 0.5) is 5.69 Å². The van der Waals surface area contributed by atoms with Crippen molar-refractivity contribution in [1.29, 1.82) is 0 Å². The smallest absolute Gasteiger partial charge is 0.243 e. The first-order chi connectivity index (χ1) is 20.5. The molecule has 2 amide bonds.